The molecule has 0 saturated heterocycles. The van der Waals surface area contributed by atoms with Crippen LogP contribution in [0.4, 0.5) is 0 Å². The summed E-state index contributed by atoms with van der Waals surface area (Å²) < 4.78 is 30.2. The third kappa shape index (κ3) is 14.8. The van der Waals surface area contributed by atoms with Crippen LogP contribution in [0.2, 0.25) is 20.1 Å². The zero-order valence-corrected chi connectivity index (χ0v) is 43.9. The van der Waals surface area contributed by atoms with Crippen LogP contribution in [0.5, 0.6) is 0 Å². The van der Waals surface area contributed by atoms with Gasteiger partial charge in [-0.2, -0.15) is 0 Å². The van der Waals surface area contributed by atoms with E-state index in [1.807, 2.05) is 44.2 Å². The standard InChI is InChI=1S/C25H26Cl2O6.C25H26Cl2O3S3/c1-14-19(24(29)32-4)10-16(12-21(14)26)18(8-6-7-9-23(28)31-3)17-11-20(25(30)33-5)15(2)22(27)13-17;1-14-19(24(32)29-4)10-16(12-21(14)26)18(8-6-7-9-23(31)28-3)17-11-20(25(33)30-5)15(2)22(27)13-17/h2*8,10-13H,6-7,9H2,1-5H3. The smallest absolute Gasteiger partial charge is 0.338 e. The Morgan fingerprint density at radius 3 is 1.08 bits per heavy atom. The summed E-state index contributed by atoms with van der Waals surface area (Å²) >= 11 is 42.0. The van der Waals surface area contributed by atoms with Crippen molar-refractivity contribution in [2.24, 2.45) is 0 Å². The molecule has 0 fully saturated rings. The summed E-state index contributed by atoms with van der Waals surface area (Å²) in [7, 11) is 8.63. The molecule has 16 heteroatoms. The van der Waals surface area contributed by atoms with Gasteiger partial charge in [0.1, 0.15) is 0 Å². The van der Waals surface area contributed by atoms with Gasteiger partial charge in [-0.15, -0.1) is 0 Å². The Morgan fingerprint density at radius 1 is 0.455 bits per heavy atom. The Balaban J connectivity index is 0.000000350. The number of carbonyl (C=O) groups excluding carboxylic acids is 3. The second kappa shape index (κ2) is 26.8. The second-order valence-electron chi connectivity index (χ2n) is 14.7. The molecule has 0 heterocycles. The monoisotopic (exact) mass is 1030 g/mol. The molecule has 0 aliphatic carbocycles. The summed E-state index contributed by atoms with van der Waals surface area (Å²) in [4.78, 5) is 36.1. The molecular weight excluding hydrogens is 983 g/mol. The lowest BCUT2D eigenvalue weighted by Crippen LogP contribution is -2.07. The average molecular weight is 1030 g/mol. The van der Waals surface area contributed by atoms with E-state index in [4.69, 9.17) is 111 Å². The minimum absolute atomic E-state index is 0.254. The maximum absolute atomic E-state index is 12.3. The van der Waals surface area contributed by atoms with E-state index in [9.17, 15) is 14.4 Å². The number of methoxy groups -OCH3 is 6. The highest BCUT2D eigenvalue weighted by Gasteiger charge is 2.21. The van der Waals surface area contributed by atoms with Gasteiger partial charge < -0.3 is 28.4 Å². The van der Waals surface area contributed by atoms with Gasteiger partial charge in [0.05, 0.1) is 53.8 Å². The number of ether oxygens (including phenoxy) is 6. The lowest BCUT2D eigenvalue weighted by atomic mass is 9.91. The van der Waals surface area contributed by atoms with Gasteiger partial charge in [0, 0.05) is 44.1 Å². The second-order valence-corrected chi connectivity index (χ2v) is 17.5. The fourth-order valence-electron chi connectivity index (χ4n) is 6.62. The lowest BCUT2D eigenvalue weighted by Gasteiger charge is -2.17. The van der Waals surface area contributed by atoms with Crippen LogP contribution in [0.15, 0.2) is 60.7 Å². The molecule has 352 valence electrons. The van der Waals surface area contributed by atoms with Crippen LogP contribution >= 0.6 is 83.1 Å². The largest absolute Gasteiger partial charge is 0.490 e. The fraction of sp³-hybridized carbons (Fsp3) is 0.320. The van der Waals surface area contributed by atoms with Crippen LogP contribution in [0.25, 0.3) is 11.1 Å². The van der Waals surface area contributed by atoms with Gasteiger partial charge in [-0.05, 0) is 194 Å². The molecule has 66 heavy (non-hydrogen) atoms. The molecular formula is C50H52Cl4O9S3. The molecule has 0 aliphatic heterocycles. The average Bonchev–Trinajstić information content (AvgIpc) is 3.31. The summed E-state index contributed by atoms with van der Waals surface area (Å²) in [5.41, 5.74) is 9.80. The molecule has 0 saturated carbocycles. The first-order chi connectivity index (χ1) is 31.3. The quantitative estimate of drug-likeness (QED) is 0.0462. The highest BCUT2D eigenvalue weighted by Crippen LogP contribution is 2.36. The Kier molecular flexibility index (Phi) is 22.7. The van der Waals surface area contributed by atoms with Crippen molar-refractivity contribution in [1.29, 1.82) is 0 Å². The molecule has 0 aromatic heterocycles. The van der Waals surface area contributed by atoms with E-state index in [1.165, 1.54) is 21.3 Å². The molecule has 4 aromatic carbocycles. The van der Waals surface area contributed by atoms with E-state index >= 15 is 0 Å². The molecule has 4 aromatic rings. The van der Waals surface area contributed by atoms with Crippen molar-refractivity contribution < 1.29 is 42.8 Å². The molecule has 0 spiro atoms. The number of thiocarbonyl (C=S) groups is 3. The first-order valence-corrected chi connectivity index (χ1v) is 23.1. The number of carbonyl (C=O) groups is 3. The first kappa shape index (κ1) is 55.9. The fourth-order valence-corrected chi connectivity index (χ4v) is 8.07. The van der Waals surface area contributed by atoms with Crippen molar-refractivity contribution >= 4 is 127 Å². The van der Waals surface area contributed by atoms with Gasteiger partial charge >= 0.3 is 17.9 Å². The zero-order chi connectivity index (χ0) is 49.4. The molecule has 0 aliphatic rings. The normalized spacial score (nSPS) is 10.4. The minimum atomic E-state index is -0.515. The van der Waals surface area contributed by atoms with E-state index in [1.54, 1.807) is 59.4 Å². The molecule has 0 radical (unpaired) electrons. The summed E-state index contributed by atoms with van der Waals surface area (Å²) in [6.45, 7) is 7.30. The number of halogens is 4. The van der Waals surface area contributed by atoms with Crippen LogP contribution in [0.1, 0.15) is 115 Å². The van der Waals surface area contributed by atoms with Gasteiger partial charge in [-0.25, -0.2) is 9.59 Å². The predicted molar refractivity (Wildman–Crippen MR) is 278 cm³/mol. The van der Waals surface area contributed by atoms with Gasteiger partial charge in [-0.1, -0.05) is 58.6 Å². The van der Waals surface area contributed by atoms with E-state index in [2.05, 4.69) is 6.08 Å². The van der Waals surface area contributed by atoms with Crippen molar-refractivity contribution in [1.82, 2.24) is 0 Å². The third-order valence-corrected chi connectivity index (χ3v) is 13.3. The molecule has 0 amide bonds. The highest BCUT2D eigenvalue weighted by molar-refractivity contribution is 7.80. The summed E-state index contributed by atoms with van der Waals surface area (Å²) in [5.74, 6) is -1.33. The molecule has 0 bridgehead atoms. The van der Waals surface area contributed by atoms with Crippen LogP contribution < -0.4 is 0 Å². The number of rotatable bonds is 16. The Labute approximate surface area is 423 Å². The summed E-state index contributed by atoms with van der Waals surface area (Å²) in [6, 6.07) is 14.7. The Morgan fingerprint density at radius 2 is 0.773 bits per heavy atom. The number of allylic oxidation sites excluding steroid dienone is 2. The number of benzene rings is 4. The van der Waals surface area contributed by atoms with Crippen molar-refractivity contribution in [2.75, 3.05) is 42.7 Å². The highest BCUT2D eigenvalue weighted by atomic mass is 35.5. The van der Waals surface area contributed by atoms with Gasteiger partial charge in [0.2, 0.25) is 0 Å². The molecule has 0 unspecified atom stereocenters. The number of unbranched alkanes of at least 4 members (excludes halogenated alkanes) is 2. The van der Waals surface area contributed by atoms with Crippen LogP contribution in [0, 0.1) is 27.7 Å². The maximum Gasteiger partial charge on any atom is 0.338 e. The van der Waals surface area contributed by atoms with Crippen molar-refractivity contribution in [3.8, 4) is 0 Å². The molecule has 0 N–H and O–H groups in total. The Bertz CT molecular complexity index is 2250. The van der Waals surface area contributed by atoms with Crippen LogP contribution in [-0.2, 0) is 33.2 Å². The number of hydrogen-bond donors (Lipinski definition) is 0. The van der Waals surface area contributed by atoms with Crippen molar-refractivity contribution in [3.63, 3.8) is 0 Å². The first-order valence-electron chi connectivity index (χ1n) is 20.4. The van der Waals surface area contributed by atoms with Gasteiger partial charge in [0.15, 0.2) is 15.2 Å². The summed E-state index contributed by atoms with van der Waals surface area (Å²) in [6.07, 6.45) is 7.67. The number of hydrogen-bond acceptors (Lipinski definition) is 12. The van der Waals surface area contributed by atoms with Gasteiger partial charge in [0.25, 0.3) is 0 Å². The van der Waals surface area contributed by atoms with E-state index in [0.717, 1.165) is 51.8 Å². The van der Waals surface area contributed by atoms with Crippen LogP contribution in [-0.4, -0.2) is 75.7 Å². The minimum Gasteiger partial charge on any atom is -0.490 e. The predicted octanol–water partition coefficient (Wildman–Crippen LogP) is 13.8. The van der Waals surface area contributed by atoms with Crippen molar-refractivity contribution in [2.45, 2.75) is 66.2 Å². The van der Waals surface area contributed by atoms with E-state index in [-0.39, 0.29) is 12.4 Å². The van der Waals surface area contributed by atoms with Gasteiger partial charge in [-0.3, -0.25) is 4.79 Å². The maximum atomic E-state index is 12.3. The molecule has 0 atom stereocenters. The number of esters is 3. The molecule has 9 nitrogen and oxygen atoms in total. The lowest BCUT2D eigenvalue weighted by molar-refractivity contribution is -0.140. The topological polar surface area (TPSA) is 107 Å². The summed E-state index contributed by atoms with van der Waals surface area (Å²) in [5, 5.41) is 3.31. The zero-order valence-electron chi connectivity index (χ0n) is 38.4. The SMILES string of the molecule is COC(=O)CCCC=C(c1cc(Cl)c(C)c(C(=O)OC)c1)c1cc(Cl)c(C)c(C(=O)OC)c1.COC(=S)CCCC=C(c1cc(Cl)c(C)c(C(=S)OC)c1)c1cc(Cl)c(C)c(C(=S)OC)c1. The van der Waals surface area contributed by atoms with Crippen LogP contribution in [0.3, 0.4) is 0 Å². The third-order valence-electron chi connectivity index (χ3n) is 10.6. The Hall–Kier alpha value is -4.40. The van der Waals surface area contributed by atoms with E-state index in [0.29, 0.717) is 93.5 Å². The molecule has 4 rings (SSSR count). The van der Waals surface area contributed by atoms with Crippen molar-refractivity contribution in [3.05, 3.63) is 148 Å². The van der Waals surface area contributed by atoms with E-state index < -0.39 is 11.9 Å².